The third-order valence-electron chi connectivity index (χ3n) is 5.34. The molecule has 7 heteroatoms. The average Bonchev–Trinajstić information content (AvgIpc) is 3.57. The average molecular weight is 402 g/mol. The Kier molecular flexibility index (Phi) is 8.16. The van der Waals surface area contributed by atoms with E-state index < -0.39 is 0 Å². The van der Waals surface area contributed by atoms with Gasteiger partial charge in [-0.3, -0.25) is 4.79 Å². The van der Waals surface area contributed by atoms with Crippen LogP contribution in [0.4, 0.5) is 0 Å². The number of aliphatic imine (C=N–C) groups is 1. The second kappa shape index (κ2) is 11.0. The van der Waals surface area contributed by atoms with Crippen LogP contribution in [0.5, 0.6) is 5.75 Å². The van der Waals surface area contributed by atoms with Gasteiger partial charge in [0.1, 0.15) is 5.75 Å². The van der Waals surface area contributed by atoms with Crippen LogP contribution in [-0.4, -0.2) is 61.6 Å². The summed E-state index contributed by atoms with van der Waals surface area (Å²) in [6.45, 7) is 8.39. The highest BCUT2D eigenvalue weighted by atomic mass is 16.5. The fraction of sp³-hybridized carbons (Fsp3) is 0.636. The molecule has 3 rings (SSSR count). The van der Waals surface area contributed by atoms with Gasteiger partial charge in [0.25, 0.3) is 5.91 Å². The van der Waals surface area contributed by atoms with Crippen LogP contribution in [0.2, 0.25) is 0 Å². The van der Waals surface area contributed by atoms with E-state index in [9.17, 15) is 4.79 Å². The first kappa shape index (κ1) is 21.4. The third-order valence-corrected chi connectivity index (χ3v) is 5.34. The van der Waals surface area contributed by atoms with E-state index in [-0.39, 0.29) is 12.5 Å². The normalized spacial score (nSPS) is 18.3. The number of carbonyl (C=O) groups excluding carboxylic acids is 1. The minimum atomic E-state index is -0.109. The first-order valence-electron chi connectivity index (χ1n) is 10.9. The molecule has 1 aromatic rings. The largest absolute Gasteiger partial charge is 0.484 e. The summed E-state index contributed by atoms with van der Waals surface area (Å²) >= 11 is 0. The molecule has 1 aromatic carbocycles. The van der Waals surface area contributed by atoms with Crippen molar-refractivity contribution in [2.45, 2.75) is 58.2 Å². The number of nitrogens with zero attached hydrogens (tertiary/aromatic N) is 2. The molecular formula is C22H35N5O2. The fourth-order valence-electron chi connectivity index (χ4n) is 3.66. The molecule has 3 N–H and O–H groups in total. The van der Waals surface area contributed by atoms with Crippen molar-refractivity contribution in [1.82, 2.24) is 20.9 Å². The summed E-state index contributed by atoms with van der Waals surface area (Å²) in [6.07, 6.45) is 5.11. The lowest BCUT2D eigenvalue weighted by Gasteiger charge is -2.33. The van der Waals surface area contributed by atoms with E-state index in [0.29, 0.717) is 24.9 Å². The molecule has 0 unspecified atom stereocenters. The Labute approximate surface area is 174 Å². The quantitative estimate of drug-likeness (QED) is 0.435. The van der Waals surface area contributed by atoms with Crippen LogP contribution in [0.1, 0.15) is 45.1 Å². The Bertz CT molecular complexity index is 682. The highest BCUT2D eigenvalue weighted by Crippen LogP contribution is 2.29. The Morgan fingerprint density at radius 3 is 2.59 bits per heavy atom. The van der Waals surface area contributed by atoms with E-state index in [1.165, 1.54) is 38.8 Å². The smallest absolute Gasteiger partial charge is 0.257 e. The van der Waals surface area contributed by atoms with Crippen molar-refractivity contribution in [1.29, 1.82) is 0 Å². The Hall–Kier alpha value is -2.28. The molecule has 7 nitrogen and oxygen atoms in total. The number of likely N-dealkylation sites (tertiary alicyclic amines) is 1. The lowest BCUT2D eigenvalue weighted by molar-refractivity contribution is -0.122. The van der Waals surface area contributed by atoms with Crippen molar-refractivity contribution < 1.29 is 9.53 Å². The van der Waals surface area contributed by atoms with E-state index in [0.717, 1.165) is 24.1 Å². The van der Waals surface area contributed by atoms with Crippen molar-refractivity contribution in [3.8, 4) is 5.75 Å². The van der Waals surface area contributed by atoms with Crippen molar-refractivity contribution in [3.63, 3.8) is 0 Å². The molecule has 1 saturated carbocycles. The van der Waals surface area contributed by atoms with Gasteiger partial charge >= 0.3 is 0 Å². The SMILES string of the molecule is CCNC(=O)COc1cccc(CN=C(NCC)NC2CCN(C3CC3)CC2)c1. The number of carbonyl (C=O) groups is 1. The molecule has 160 valence electrons. The highest BCUT2D eigenvalue weighted by Gasteiger charge is 2.31. The van der Waals surface area contributed by atoms with E-state index in [4.69, 9.17) is 9.73 Å². The molecule has 0 spiro atoms. The van der Waals surface area contributed by atoms with Crippen molar-refractivity contribution in [3.05, 3.63) is 29.8 Å². The van der Waals surface area contributed by atoms with Gasteiger partial charge in [-0.25, -0.2) is 4.99 Å². The van der Waals surface area contributed by atoms with Crippen LogP contribution < -0.4 is 20.7 Å². The van der Waals surface area contributed by atoms with Crippen molar-refractivity contribution in [2.24, 2.45) is 4.99 Å². The van der Waals surface area contributed by atoms with Crippen molar-refractivity contribution >= 4 is 11.9 Å². The molecule has 1 saturated heterocycles. The van der Waals surface area contributed by atoms with Gasteiger partial charge in [-0.1, -0.05) is 12.1 Å². The number of ether oxygens (including phenoxy) is 1. The minimum Gasteiger partial charge on any atom is -0.484 e. The molecule has 1 amide bonds. The number of piperidine rings is 1. The van der Waals surface area contributed by atoms with E-state index in [1.807, 2.05) is 31.2 Å². The molecule has 0 aromatic heterocycles. The summed E-state index contributed by atoms with van der Waals surface area (Å²) in [7, 11) is 0. The summed E-state index contributed by atoms with van der Waals surface area (Å²) in [5, 5.41) is 9.69. The summed E-state index contributed by atoms with van der Waals surface area (Å²) in [5.74, 6) is 1.45. The summed E-state index contributed by atoms with van der Waals surface area (Å²) in [4.78, 5) is 19.0. The Morgan fingerprint density at radius 2 is 1.90 bits per heavy atom. The van der Waals surface area contributed by atoms with E-state index in [2.05, 4.69) is 27.8 Å². The van der Waals surface area contributed by atoms with Gasteiger partial charge < -0.3 is 25.6 Å². The number of hydrogen-bond donors (Lipinski definition) is 3. The molecule has 2 aliphatic rings. The first-order valence-corrected chi connectivity index (χ1v) is 10.9. The van der Waals surface area contributed by atoms with Crippen LogP contribution in [0, 0.1) is 0 Å². The van der Waals surface area contributed by atoms with Gasteiger partial charge in [-0.05, 0) is 57.2 Å². The van der Waals surface area contributed by atoms with E-state index in [1.54, 1.807) is 0 Å². The molecule has 1 aliphatic carbocycles. The molecule has 1 aliphatic heterocycles. The Balaban J connectivity index is 1.50. The zero-order chi connectivity index (χ0) is 20.5. The van der Waals surface area contributed by atoms with Gasteiger partial charge in [0.2, 0.25) is 0 Å². The zero-order valence-electron chi connectivity index (χ0n) is 17.7. The number of nitrogens with one attached hydrogen (secondary N) is 3. The number of amides is 1. The number of hydrogen-bond acceptors (Lipinski definition) is 4. The molecule has 0 bridgehead atoms. The molecule has 1 heterocycles. The van der Waals surface area contributed by atoms with Gasteiger partial charge in [0, 0.05) is 38.3 Å². The number of guanidine groups is 1. The van der Waals surface area contributed by atoms with E-state index >= 15 is 0 Å². The number of rotatable bonds is 9. The molecular weight excluding hydrogens is 366 g/mol. The Morgan fingerprint density at radius 1 is 1.14 bits per heavy atom. The highest BCUT2D eigenvalue weighted by molar-refractivity contribution is 5.80. The summed E-state index contributed by atoms with van der Waals surface area (Å²) < 4.78 is 5.57. The number of likely N-dealkylation sites (N-methyl/N-ethyl adjacent to an activating group) is 1. The van der Waals surface area contributed by atoms with Gasteiger partial charge in [0.05, 0.1) is 6.54 Å². The van der Waals surface area contributed by atoms with Gasteiger partial charge in [-0.2, -0.15) is 0 Å². The van der Waals surface area contributed by atoms with Gasteiger partial charge in [0.15, 0.2) is 12.6 Å². The van der Waals surface area contributed by atoms with Crippen molar-refractivity contribution in [2.75, 3.05) is 32.8 Å². The predicted molar refractivity (Wildman–Crippen MR) is 116 cm³/mol. The second-order valence-electron chi connectivity index (χ2n) is 7.77. The third kappa shape index (κ3) is 7.24. The maximum absolute atomic E-state index is 11.6. The lowest BCUT2D eigenvalue weighted by Crippen LogP contribution is -2.49. The van der Waals surface area contributed by atoms with Crippen LogP contribution in [0.15, 0.2) is 29.3 Å². The number of benzene rings is 1. The lowest BCUT2D eigenvalue weighted by atomic mass is 10.1. The fourth-order valence-corrected chi connectivity index (χ4v) is 3.66. The predicted octanol–water partition coefficient (Wildman–Crippen LogP) is 1.88. The standard InChI is InChI=1S/C22H35N5O2/c1-3-23-21(28)16-29-20-7-5-6-17(14-20)15-25-22(24-4-2)26-18-10-12-27(13-11-18)19-8-9-19/h5-7,14,18-19H,3-4,8-13,15-16H2,1-2H3,(H,23,28)(H2,24,25,26). The molecule has 29 heavy (non-hydrogen) atoms. The zero-order valence-corrected chi connectivity index (χ0v) is 17.7. The minimum absolute atomic E-state index is 0.0321. The maximum Gasteiger partial charge on any atom is 0.257 e. The van der Waals surface area contributed by atoms with Gasteiger partial charge in [-0.15, -0.1) is 0 Å². The topological polar surface area (TPSA) is 78.0 Å². The van der Waals surface area contributed by atoms with Crippen LogP contribution in [-0.2, 0) is 11.3 Å². The summed E-state index contributed by atoms with van der Waals surface area (Å²) in [6, 6.07) is 9.12. The molecule has 2 fully saturated rings. The van der Waals surface area contributed by atoms with Crippen LogP contribution in [0.25, 0.3) is 0 Å². The summed E-state index contributed by atoms with van der Waals surface area (Å²) in [5.41, 5.74) is 1.05. The van der Waals surface area contributed by atoms with Crippen LogP contribution >= 0.6 is 0 Å². The molecule has 0 atom stereocenters. The maximum atomic E-state index is 11.6. The van der Waals surface area contributed by atoms with Crippen LogP contribution in [0.3, 0.4) is 0 Å². The second-order valence-corrected chi connectivity index (χ2v) is 7.77. The first-order chi connectivity index (χ1) is 14.2. The monoisotopic (exact) mass is 401 g/mol. The molecule has 0 radical (unpaired) electrons.